The summed E-state index contributed by atoms with van der Waals surface area (Å²) in [6, 6.07) is 5.52. The predicted molar refractivity (Wildman–Crippen MR) is 74.6 cm³/mol. The van der Waals surface area contributed by atoms with Gasteiger partial charge in [0, 0.05) is 29.2 Å². The first-order valence-electron chi connectivity index (χ1n) is 5.94. The lowest BCUT2D eigenvalue weighted by Gasteiger charge is -2.08. The third kappa shape index (κ3) is 2.57. The third-order valence-electron chi connectivity index (χ3n) is 2.73. The van der Waals surface area contributed by atoms with E-state index in [2.05, 4.69) is 20.4 Å². The number of aromatic nitrogens is 4. The molecular formula is C13H11N5OS. The van der Waals surface area contributed by atoms with Crippen molar-refractivity contribution in [3.63, 3.8) is 0 Å². The Kier molecular flexibility index (Phi) is 3.51. The molecule has 7 heteroatoms. The van der Waals surface area contributed by atoms with Gasteiger partial charge in [0.2, 0.25) is 0 Å². The summed E-state index contributed by atoms with van der Waals surface area (Å²) in [7, 11) is 0. The zero-order chi connectivity index (χ0) is 13.8. The van der Waals surface area contributed by atoms with Gasteiger partial charge in [-0.3, -0.25) is 4.79 Å². The highest BCUT2D eigenvalue weighted by atomic mass is 32.1. The molecule has 20 heavy (non-hydrogen) atoms. The van der Waals surface area contributed by atoms with Gasteiger partial charge in [0.15, 0.2) is 5.82 Å². The first-order chi connectivity index (χ1) is 9.84. The highest BCUT2D eigenvalue weighted by Crippen LogP contribution is 2.10. The Hall–Kier alpha value is -2.54. The van der Waals surface area contributed by atoms with E-state index in [9.17, 15) is 4.79 Å². The molecule has 3 rings (SSSR count). The van der Waals surface area contributed by atoms with Crippen LogP contribution in [0, 0.1) is 0 Å². The molecule has 0 aliphatic heterocycles. The summed E-state index contributed by atoms with van der Waals surface area (Å²) in [5.41, 5.74) is 1.54. The van der Waals surface area contributed by atoms with Crippen LogP contribution in [0.4, 0.5) is 0 Å². The van der Waals surface area contributed by atoms with E-state index in [4.69, 9.17) is 0 Å². The lowest BCUT2D eigenvalue weighted by Crippen LogP contribution is -2.23. The SMILES string of the molecule is O=C(NCc1cccnc1-n1cncn1)c1ccsc1. The molecule has 0 aliphatic carbocycles. The maximum absolute atomic E-state index is 11.9. The number of carbonyl (C=O) groups is 1. The van der Waals surface area contributed by atoms with Crippen molar-refractivity contribution < 1.29 is 4.79 Å². The summed E-state index contributed by atoms with van der Waals surface area (Å²) in [5, 5.41) is 10.6. The molecule has 0 unspecified atom stereocenters. The topological polar surface area (TPSA) is 72.7 Å². The fourth-order valence-electron chi connectivity index (χ4n) is 1.76. The van der Waals surface area contributed by atoms with Gasteiger partial charge in [-0.1, -0.05) is 6.07 Å². The zero-order valence-corrected chi connectivity index (χ0v) is 11.2. The Bertz CT molecular complexity index is 693. The van der Waals surface area contributed by atoms with Crippen LogP contribution in [0.2, 0.25) is 0 Å². The molecule has 1 N–H and O–H groups in total. The number of carbonyl (C=O) groups excluding carboxylic acids is 1. The van der Waals surface area contributed by atoms with E-state index in [1.54, 1.807) is 23.3 Å². The van der Waals surface area contributed by atoms with E-state index in [0.717, 1.165) is 5.56 Å². The Balaban J connectivity index is 1.77. The number of hydrogen-bond acceptors (Lipinski definition) is 5. The molecule has 3 aromatic heterocycles. The van der Waals surface area contributed by atoms with Crippen LogP contribution in [-0.4, -0.2) is 25.7 Å². The molecule has 0 saturated heterocycles. The molecule has 0 spiro atoms. The van der Waals surface area contributed by atoms with Crippen molar-refractivity contribution in [1.29, 1.82) is 0 Å². The van der Waals surface area contributed by atoms with E-state index >= 15 is 0 Å². The van der Waals surface area contributed by atoms with Crippen molar-refractivity contribution in [2.24, 2.45) is 0 Å². The van der Waals surface area contributed by atoms with E-state index in [1.165, 1.54) is 17.7 Å². The summed E-state index contributed by atoms with van der Waals surface area (Å²) < 4.78 is 1.58. The van der Waals surface area contributed by atoms with Crippen molar-refractivity contribution >= 4 is 17.2 Å². The molecule has 1 amide bonds. The largest absolute Gasteiger partial charge is 0.348 e. The number of nitrogens with one attached hydrogen (secondary N) is 1. The van der Waals surface area contributed by atoms with Crippen molar-refractivity contribution in [1.82, 2.24) is 25.1 Å². The molecule has 3 heterocycles. The second-order valence-electron chi connectivity index (χ2n) is 4.02. The van der Waals surface area contributed by atoms with Gasteiger partial charge >= 0.3 is 0 Å². The summed E-state index contributed by atoms with van der Waals surface area (Å²) in [4.78, 5) is 20.1. The van der Waals surface area contributed by atoms with Gasteiger partial charge in [0.05, 0.1) is 0 Å². The molecule has 6 nitrogen and oxygen atoms in total. The molecule has 100 valence electrons. The van der Waals surface area contributed by atoms with E-state index in [-0.39, 0.29) is 5.91 Å². The molecule has 0 atom stereocenters. The molecular weight excluding hydrogens is 274 g/mol. The quantitative estimate of drug-likeness (QED) is 0.791. The number of hydrogen-bond donors (Lipinski definition) is 1. The molecule has 0 fully saturated rings. The second kappa shape index (κ2) is 5.62. The normalized spacial score (nSPS) is 10.4. The maximum Gasteiger partial charge on any atom is 0.252 e. The monoisotopic (exact) mass is 285 g/mol. The minimum Gasteiger partial charge on any atom is -0.348 e. The summed E-state index contributed by atoms with van der Waals surface area (Å²) in [6.07, 6.45) is 4.70. The fraction of sp³-hybridized carbons (Fsp3) is 0.0769. The summed E-state index contributed by atoms with van der Waals surface area (Å²) >= 11 is 1.50. The molecule has 0 aromatic carbocycles. The van der Waals surface area contributed by atoms with Crippen LogP contribution in [-0.2, 0) is 6.54 Å². The number of pyridine rings is 1. The predicted octanol–water partition coefficient (Wildman–Crippen LogP) is 1.65. The average molecular weight is 285 g/mol. The van der Waals surface area contributed by atoms with Gasteiger partial charge in [-0.2, -0.15) is 16.4 Å². The first kappa shape index (κ1) is 12.5. The molecule has 0 saturated carbocycles. The Morgan fingerprint density at radius 3 is 3.10 bits per heavy atom. The first-order valence-corrected chi connectivity index (χ1v) is 6.88. The highest BCUT2D eigenvalue weighted by molar-refractivity contribution is 7.08. The van der Waals surface area contributed by atoms with Crippen molar-refractivity contribution in [2.75, 3.05) is 0 Å². The zero-order valence-electron chi connectivity index (χ0n) is 10.4. The van der Waals surface area contributed by atoms with E-state index in [0.29, 0.717) is 17.9 Å². The van der Waals surface area contributed by atoms with Crippen molar-refractivity contribution in [3.05, 3.63) is 58.9 Å². The number of nitrogens with zero attached hydrogens (tertiary/aromatic N) is 4. The van der Waals surface area contributed by atoms with Crippen LogP contribution >= 0.6 is 11.3 Å². The number of thiophene rings is 1. The van der Waals surface area contributed by atoms with Gasteiger partial charge in [0.25, 0.3) is 5.91 Å². The summed E-state index contributed by atoms with van der Waals surface area (Å²) in [6.45, 7) is 0.387. The standard InChI is InChI=1S/C13H11N5OS/c19-13(11-3-5-20-7-11)16-6-10-2-1-4-15-12(10)18-9-14-8-17-18/h1-5,7-9H,6H2,(H,16,19). The van der Waals surface area contributed by atoms with Crippen LogP contribution in [0.1, 0.15) is 15.9 Å². The van der Waals surface area contributed by atoms with Gasteiger partial charge < -0.3 is 5.32 Å². The van der Waals surface area contributed by atoms with Crippen molar-refractivity contribution in [3.8, 4) is 5.82 Å². The molecule has 0 aliphatic rings. The molecule has 0 radical (unpaired) electrons. The Labute approximate surface area is 119 Å². The van der Waals surface area contributed by atoms with Gasteiger partial charge in [0.1, 0.15) is 12.7 Å². The van der Waals surface area contributed by atoms with Gasteiger partial charge in [-0.05, 0) is 17.5 Å². The summed E-state index contributed by atoms with van der Waals surface area (Å²) in [5.74, 6) is 0.565. The lowest BCUT2D eigenvalue weighted by molar-refractivity contribution is 0.0951. The van der Waals surface area contributed by atoms with Crippen LogP contribution < -0.4 is 5.32 Å². The number of amides is 1. The molecule has 0 bridgehead atoms. The van der Waals surface area contributed by atoms with E-state index < -0.39 is 0 Å². The maximum atomic E-state index is 11.9. The van der Waals surface area contributed by atoms with Crippen molar-refractivity contribution in [2.45, 2.75) is 6.54 Å². The Morgan fingerprint density at radius 2 is 2.35 bits per heavy atom. The van der Waals surface area contributed by atoms with Gasteiger partial charge in [-0.15, -0.1) is 0 Å². The van der Waals surface area contributed by atoms with Crippen LogP contribution in [0.15, 0.2) is 47.8 Å². The fourth-order valence-corrected chi connectivity index (χ4v) is 2.40. The lowest BCUT2D eigenvalue weighted by atomic mass is 10.2. The van der Waals surface area contributed by atoms with Crippen LogP contribution in [0.5, 0.6) is 0 Å². The Morgan fingerprint density at radius 1 is 1.40 bits per heavy atom. The van der Waals surface area contributed by atoms with E-state index in [1.807, 2.05) is 22.9 Å². The highest BCUT2D eigenvalue weighted by Gasteiger charge is 2.09. The second-order valence-corrected chi connectivity index (χ2v) is 4.80. The van der Waals surface area contributed by atoms with Gasteiger partial charge in [-0.25, -0.2) is 14.6 Å². The average Bonchev–Trinajstić information content (AvgIpc) is 3.17. The smallest absolute Gasteiger partial charge is 0.252 e. The van der Waals surface area contributed by atoms with Crippen LogP contribution in [0.25, 0.3) is 5.82 Å². The molecule has 3 aromatic rings. The minimum atomic E-state index is -0.0976. The minimum absolute atomic E-state index is 0.0976. The third-order valence-corrected chi connectivity index (χ3v) is 3.41. The van der Waals surface area contributed by atoms with Crippen LogP contribution in [0.3, 0.4) is 0 Å². The number of rotatable bonds is 4.